The van der Waals surface area contributed by atoms with Gasteiger partial charge in [-0.25, -0.2) is 9.36 Å². The molecule has 4 aromatic rings. The van der Waals surface area contributed by atoms with Gasteiger partial charge in [-0.3, -0.25) is 14.2 Å². The Morgan fingerprint density at radius 1 is 1.15 bits per heavy atom. The van der Waals surface area contributed by atoms with Crippen molar-refractivity contribution >= 4 is 28.1 Å². The van der Waals surface area contributed by atoms with Gasteiger partial charge in [0.05, 0.1) is 5.39 Å². The summed E-state index contributed by atoms with van der Waals surface area (Å²) in [6.45, 7) is 3.57. The molecule has 11 heteroatoms. The van der Waals surface area contributed by atoms with Crippen LogP contribution in [0.1, 0.15) is 25.7 Å². The Kier molecular flexibility index (Phi) is 5.12. The normalized spacial score (nSPS) is 16.7. The molecule has 0 radical (unpaired) electrons. The molecule has 1 aliphatic heterocycles. The molecule has 4 heterocycles. The number of rotatable bonds is 4. The number of nitrogens with zero attached hydrogens (tertiary/aromatic N) is 6. The summed E-state index contributed by atoms with van der Waals surface area (Å²) in [4.78, 5) is 49.6. The minimum Gasteiger partial charge on any atom is -0.440 e. The number of hydrogen-bond acceptors (Lipinski definition) is 8. The second kappa shape index (κ2) is 8.00. The third-order valence-corrected chi connectivity index (χ3v) is 6.13. The highest BCUT2D eigenvalue weighted by Crippen LogP contribution is 2.22. The van der Waals surface area contributed by atoms with Crippen LogP contribution in [0.15, 0.2) is 43.1 Å². The molecule has 0 saturated carbocycles. The summed E-state index contributed by atoms with van der Waals surface area (Å²) in [5.74, 6) is 0.616. The number of piperidine rings is 1. The maximum atomic E-state index is 13.5. The number of para-hydroxylation sites is 1. The molecule has 5 rings (SSSR count). The lowest BCUT2D eigenvalue weighted by atomic mass is 10.1. The average Bonchev–Trinajstić information content (AvgIpc) is 3.20. The van der Waals surface area contributed by atoms with Gasteiger partial charge in [0, 0.05) is 32.7 Å². The standard InChI is InChI=1S/C22H25N7O4/c1-3-28-17-18(25-21(28)27-10-6-7-13(23)11-27)26(2)22(32)29(20(17)31)12-16-24-19(30)14-8-4-5-9-15(14)33-16/h4-5,8-9,13H,3,6-7,10-12,23H2,1-2H3. The van der Waals surface area contributed by atoms with Crippen LogP contribution in [0, 0.1) is 0 Å². The summed E-state index contributed by atoms with van der Waals surface area (Å²) in [5.41, 5.74) is 5.58. The van der Waals surface area contributed by atoms with Gasteiger partial charge in [-0.05, 0) is 31.9 Å². The molecule has 1 fully saturated rings. The van der Waals surface area contributed by atoms with Crippen LogP contribution in [0.2, 0.25) is 0 Å². The number of aromatic nitrogens is 5. The Morgan fingerprint density at radius 3 is 2.70 bits per heavy atom. The number of hydrogen-bond donors (Lipinski definition) is 1. The molecular formula is C22H25N7O4. The Labute approximate surface area is 187 Å². The lowest BCUT2D eigenvalue weighted by Crippen LogP contribution is -2.44. The molecule has 1 atom stereocenters. The first-order chi connectivity index (χ1) is 15.9. The zero-order chi connectivity index (χ0) is 23.3. The van der Waals surface area contributed by atoms with Crippen LogP contribution in [0.4, 0.5) is 5.95 Å². The van der Waals surface area contributed by atoms with Crippen LogP contribution >= 0.6 is 0 Å². The summed E-state index contributed by atoms with van der Waals surface area (Å²) in [6, 6.07) is 6.75. The molecule has 0 aliphatic carbocycles. The van der Waals surface area contributed by atoms with E-state index in [2.05, 4.69) is 14.9 Å². The van der Waals surface area contributed by atoms with E-state index in [0.717, 1.165) is 24.0 Å². The predicted octanol–water partition coefficient (Wildman–Crippen LogP) is 0.394. The van der Waals surface area contributed by atoms with E-state index in [9.17, 15) is 14.4 Å². The minimum atomic E-state index is -0.562. The lowest BCUT2D eigenvalue weighted by Gasteiger charge is -2.31. The molecule has 1 unspecified atom stereocenters. The minimum absolute atomic E-state index is 0.0120. The van der Waals surface area contributed by atoms with Crippen LogP contribution in [0.25, 0.3) is 22.1 Å². The Hall–Kier alpha value is -3.73. The molecule has 0 bridgehead atoms. The highest BCUT2D eigenvalue weighted by atomic mass is 16.3. The van der Waals surface area contributed by atoms with Gasteiger partial charge in [0.25, 0.3) is 11.1 Å². The fourth-order valence-corrected chi connectivity index (χ4v) is 4.49. The van der Waals surface area contributed by atoms with Crippen molar-refractivity contribution in [1.82, 2.24) is 23.7 Å². The summed E-state index contributed by atoms with van der Waals surface area (Å²) in [6.07, 6.45) is 1.88. The van der Waals surface area contributed by atoms with Crippen molar-refractivity contribution < 1.29 is 4.42 Å². The monoisotopic (exact) mass is 451 g/mol. The van der Waals surface area contributed by atoms with Crippen molar-refractivity contribution in [2.75, 3.05) is 18.0 Å². The van der Waals surface area contributed by atoms with Crippen LogP contribution in [-0.2, 0) is 20.1 Å². The number of imidazole rings is 1. The van der Waals surface area contributed by atoms with E-state index >= 15 is 0 Å². The number of nitrogens with two attached hydrogens (primary N) is 1. The van der Waals surface area contributed by atoms with E-state index in [4.69, 9.17) is 10.2 Å². The molecule has 0 spiro atoms. The molecule has 11 nitrogen and oxygen atoms in total. The van der Waals surface area contributed by atoms with E-state index in [1.165, 1.54) is 4.57 Å². The first-order valence-electron chi connectivity index (χ1n) is 11.0. The van der Waals surface area contributed by atoms with Gasteiger partial charge in [0.1, 0.15) is 12.1 Å². The zero-order valence-electron chi connectivity index (χ0n) is 18.5. The van der Waals surface area contributed by atoms with Crippen molar-refractivity contribution in [2.45, 2.75) is 38.9 Å². The Morgan fingerprint density at radius 2 is 1.94 bits per heavy atom. The molecule has 1 aliphatic rings. The number of aryl methyl sites for hydroxylation is 2. The summed E-state index contributed by atoms with van der Waals surface area (Å²) < 4.78 is 9.90. The SMILES string of the molecule is CCn1c(N2CCCC(N)C2)nc2c1c(=O)n(Cc1nc(=O)c3ccccc3o1)c(=O)n2C. The van der Waals surface area contributed by atoms with Gasteiger partial charge >= 0.3 is 5.69 Å². The van der Waals surface area contributed by atoms with E-state index in [1.807, 2.05) is 11.5 Å². The largest absolute Gasteiger partial charge is 0.440 e. The van der Waals surface area contributed by atoms with Crippen molar-refractivity contribution in [3.8, 4) is 0 Å². The molecule has 1 saturated heterocycles. The molecule has 172 valence electrons. The highest BCUT2D eigenvalue weighted by molar-refractivity contribution is 5.75. The van der Waals surface area contributed by atoms with Crippen molar-refractivity contribution in [1.29, 1.82) is 0 Å². The van der Waals surface area contributed by atoms with Crippen LogP contribution in [-0.4, -0.2) is 42.8 Å². The quantitative estimate of drug-likeness (QED) is 0.471. The summed E-state index contributed by atoms with van der Waals surface area (Å²) in [7, 11) is 1.57. The first-order valence-corrected chi connectivity index (χ1v) is 11.0. The first kappa shape index (κ1) is 21.1. The summed E-state index contributed by atoms with van der Waals surface area (Å²) >= 11 is 0. The van der Waals surface area contributed by atoms with Crippen molar-refractivity contribution in [3.05, 3.63) is 61.3 Å². The Bertz CT molecular complexity index is 1540. The third kappa shape index (κ3) is 3.44. The zero-order valence-corrected chi connectivity index (χ0v) is 18.5. The van der Waals surface area contributed by atoms with Crippen LogP contribution in [0.5, 0.6) is 0 Å². The topological polar surface area (TPSA) is 134 Å². The fraction of sp³-hybridized carbons (Fsp3) is 0.409. The lowest BCUT2D eigenvalue weighted by molar-refractivity contribution is 0.471. The molecule has 1 aromatic carbocycles. The van der Waals surface area contributed by atoms with Crippen LogP contribution < -0.4 is 27.4 Å². The van der Waals surface area contributed by atoms with Crippen molar-refractivity contribution in [2.24, 2.45) is 12.8 Å². The van der Waals surface area contributed by atoms with Crippen molar-refractivity contribution in [3.63, 3.8) is 0 Å². The summed E-state index contributed by atoms with van der Waals surface area (Å²) in [5, 5.41) is 0.338. The molecule has 3 aromatic heterocycles. The maximum Gasteiger partial charge on any atom is 0.332 e. The van der Waals surface area contributed by atoms with E-state index in [1.54, 1.807) is 31.3 Å². The van der Waals surface area contributed by atoms with E-state index < -0.39 is 16.8 Å². The number of fused-ring (bicyclic) bond motifs is 2. The van der Waals surface area contributed by atoms with Gasteiger partial charge in [-0.1, -0.05) is 12.1 Å². The second-order valence-electron chi connectivity index (χ2n) is 8.32. The third-order valence-electron chi connectivity index (χ3n) is 6.13. The van der Waals surface area contributed by atoms with Crippen LogP contribution in [0.3, 0.4) is 0 Å². The van der Waals surface area contributed by atoms with Gasteiger partial charge < -0.3 is 19.6 Å². The van der Waals surface area contributed by atoms with Gasteiger partial charge in [-0.15, -0.1) is 0 Å². The average molecular weight is 451 g/mol. The second-order valence-corrected chi connectivity index (χ2v) is 8.32. The molecule has 33 heavy (non-hydrogen) atoms. The smallest absolute Gasteiger partial charge is 0.332 e. The number of anilines is 1. The van der Waals surface area contributed by atoms with Gasteiger partial charge in [-0.2, -0.15) is 9.97 Å². The van der Waals surface area contributed by atoms with E-state index in [0.29, 0.717) is 41.2 Å². The molecular weight excluding hydrogens is 426 g/mol. The molecule has 0 amide bonds. The highest BCUT2D eigenvalue weighted by Gasteiger charge is 2.26. The Balaban J connectivity index is 1.67. The predicted molar refractivity (Wildman–Crippen MR) is 124 cm³/mol. The van der Waals surface area contributed by atoms with Gasteiger partial charge in [0.15, 0.2) is 11.2 Å². The van der Waals surface area contributed by atoms with E-state index in [-0.39, 0.29) is 18.5 Å². The fourth-order valence-electron chi connectivity index (χ4n) is 4.49. The number of benzene rings is 1. The molecule has 2 N–H and O–H groups in total. The van der Waals surface area contributed by atoms with Gasteiger partial charge in [0.2, 0.25) is 11.8 Å². The maximum absolute atomic E-state index is 13.5.